The Morgan fingerprint density at radius 2 is 1.61 bits per heavy atom. The van der Waals surface area contributed by atoms with Gasteiger partial charge in [0.15, 0.2) is 0 Å². The minimum atomic E-state index is -3.40. The Bertz CT molecular complexity index is 611. The average Bonchev–Trinajstić information content (AvgIpc) is 3.20. The van der Waals surface area contributed by atoms with Crippen LogP contribution in [0, 0.1) is 17.8 Å². The van der Waals surface area contributed by atoms with Crippen molar-refractivity contribution in [3.05, 3.63) is 0 Å². The van der Waals surface area contributed by atoms with E-state index >= 15 is 0 Å². The van der Waals surface area contributed by atoms with E-state index in [2.05, 4.69) is 24.1 Å². The molecule has 28 heavy (non-hydrogen) atoms. The van der Waals surface area contributed by atoms with Gasteiger partial charge in [-0.2, -0.15) is 17.0 Å². The lowest BCUT2D eigenvalue weighted by molar-refractivity contribution is -0.126. The summed E-state index contributed by atoms with van der Waals surface area (Å²) < 4.78 is 28.6. The molecule has 0 saturated carbocycles. The Balaban J connectivity index is 1.40. The molecule has 0 aromatic rings. The molecule has 8 heteroatoms. The molecule has 7 nitrogen and oxygen atoms in total. The molecule has 1 amide bonds. The van der Waals surface area contributed by atoms with Crippen LogP contribution in [0.2, 0.25) is 0 Å². The van der Waals surface area contributed by atoms with Crippen molar-refractivity contribution in [3.8, 4) is 0 Å². The smallest absolute Gasteiger partial charge is 0.281 e. The molecule has 3 heterocycles. The van der Waals surface area contributed by atoms with E-state index in [1.807, 2.05) is 0 Å². The van der Waals surface area contributed by atoms with Gasteiger partial charge in [0.05, 0.1) is 5.92 Å². The average molecular weight is 415 g/mol. The molecule has 0 spiro atoms. The van der Waals surface area contributed by atoms with Crippen LogP contribution >= 0.6 is 0 Å². The highest BCUT2D eigenvalue weighted by molar-refractivity contribution is 7.86. The molecule has 1 N–H and O–H groups in total. The fraction of sp³-hybridized carbons (Fsp3) is 0.950. The van der Waals surface area contributed by atoms with E-state index in [9.17, 15) is 13.2 Å². The highest BCUT2D eigenvalue weighted by atomic mass is 32.2. The van der Waals surface area contributed by atoms with Gasteiger partial charge in [0, 0.05) is 45.8 Å². The quantitative estimate of drug-likeness (QED) is 0.641. The van der Waals surface area contributed by atoms with E-state index in [-0.39, 0.29) is 11.8 Å². The van der Waals surface area contributed by atoms with Gasteiger partial charge >= 0.3 is 0 Å². The van der Waals surface area contributed by atoms with Gasteiger partial charge in [0.1, 0.15) is 0 Å². The molecule has 0 bridgehead atoms. The van der Waals surface area contributed by atoms with Gasteiger partial charge in [0.2, 0.25) is 5.91 Å². The molecule has 0 aliphatic carbocycles. The number of hydrogen-bond donors (Lipinski definition) is 1. The molecule has 0 aromatic heterocycles. The summed E-state index contributed by atoms with van der Waals surface area (Å²) >= 11 is 0. The number of carbonyl (C=O) groups excluding carboxylic acids is 1. The first-order chi connectivity index (χ1) is 13.4. The van der Waals surface area contributed by atoms with Crippen LogP contribution < -0.4 is 5.32 Å². The van der Waals surface area contributed by atoms with E-state index in [1.165, 1.54) is 10.7 Å². The first-order valence-electron chi connectivity index (χ1n) is 11.1. The van der Waals surface area contributed by atoms with E-state index in [0.717, 1.165) is 63.6 Å². The Labute approximate surface area is 171 Å². The third kappa shape index (κ3) is 5.68. The maximum absolute atomic E-state index is 12.8. The first-order valence-corrected chi connectivity index (χ1v) is 12.5. The van der Waals surface area contributed by atoms with Crippen LogP contribution in [0.25, 0.3) is 0 Å². The second kappa shape index (κ2) is 9.87. The summed E-state index contributed by atoms with van der Waals surface area (Å²) in [7, 11) is -3.40. The number of piperidine rings is 2. The Kier molecular flexibility index (Phi) is 7.75. The minimum Gasteiger partial charge on any atom is -0.356 e. The molecule has 3 fully saturated rings. The Morgan fingerprint density at radius 3 is 2.29 bits per heavy atom. The molecule has 3 aliphatic heterocycles. The summed E-state index contributed by atoms with van der Waals surface area (Å²) in [5.74, 6) is 1.30. The molecule has 3 saturated heterocycles. The van der Waals surface area contributed by atoms with Crippen molar-refractivity contribution in [2.24, 2.45) is 17.8 Å². The summed E-state index contributed by atoms with van der Waals surface area (Å²) in [6.07, 6.45) is 5.67. The summed E-state index contributed by atoms with van der Waals surface area (Å²) in [6.45, 7) is 10.7. The van der Waals surface area contributed by atoms with Crippen molar-refractivity contribution in [2.75, 3.05) is 52.4 Å². The zero-order valence-corrected chi connectivity index (χ0v) is 18.4. The van der Waals surface area contributed by atoms with Crippen LogP contribution in [0.3, 0.4) is 0 Å². The molecular weight excluding hydrogens is 376 g/mol. The number of hydrogen-bond acceptors (Lipinski definition) is 4. The zero-order chi connectivity index (χ0) is 20.1. The second-order valence-corrected chi connectivity index (χ2v) is 11.1. The van der Waals surface area contributed by atoms with Gasteiger partial charge in [0.25, 0.3) is 10.2 Å². The molecular formula is C20H38N4O3S. The monoisotopic (exact) mass is 414 g/mol. The van der Waals surface area contributed by atoms with Crippen LogP contribution in [0.15, 0.2) is 0 Å². The fourth-order valence-corrected chi connectivity index (χ4v) is 6.86. The van der Waals surface area contributed by atoms with Crippen molar-refractivity contribution >= 4 is 16.1 Å². The minimum absolute atomic E-state index is 0.0155. The van der Waals surface area contributed by atoms with Crippen molar-refractivity contribution < 1.29 is 13.2 Å². The van der Waals surface area contributed by atoms with E-state index in [0.29, 0.717) is 32.7 Å². The lowest BCUT2D eigenvalue weighted by Gasteiger charge is -2.35. The number of nitrogens with one attached hydrogen (secondary N) is 1. The number of amides is 1. The van der Waals surface area contributed by atoms with Crippen LogP contribution in [0.5, 0.6) is 0 Å². The standard InChI is InChI=1S/C20H38N4O3S/c1-17-13-18(2)15-22(14-17)9-6-8-21-20(25)19-7-5-12-24(16-19)28(26,27)23-10-3-4-11-23/h17-19H,3-16H2,1-2H3,(H,21,25). The maximum Gasteiger partial charge on any atom is 0.281 e. The largest absolute Gasteiger partial charge is 0.356 e. The van der Waals surface area contributed by atoms with E-state index in [4.69, 9.17) is 0 Å². The Hall–Kier alpha value is -0.700. The number of nitrogens with zero attached hydrogens (tertiary/aromatic N) is 3. The van der Waals surface area contributed by atoms with Crippen LogP contribution in [0.1, 0.15) is 52.4 Å². The second-order valence-electron chi connectivity index (χ2n) is 9.16. The SMILES string of the molecule is CC1CC(C)CN(CCCNC(=O)C2CCCN(S(=O)(=O)N3CCCC3)C2)C1. The third-order valence-corrected chi connectivity index (χ3v) is 8.37. The van der Waals surface area contributed by atoms with Crippen LogP contribution in [-0.2, 0) is 15.0 Å². The first kappa shape index (κ1) is 22.0. The molecule has 3 atom stereocenters. The van der Waals surface area contributed by atoms with Gasteiger partial charge in [-0.1, -0.05) is 13.8 Å². The van der Waals surface area contributed by atoms with Crippen LogP contribution in [-0.4, -0.2) is 80.2 Å². The van der Waals surface area contributed by atoms with E-state index < -0.39 is 10.2 Å². The highest BCUT2D eigenvalue weighted by Gasteiger charge is 2.36. The number of carbonyl (C=O) groups is 1. The normalized spacial score (nSPS) is 31.1. The summed E-state index contributed by atoms with van der Waals surface area (Å²) in [5, 5.41) is 3.06. The summed E-state index contributed by atoms with van der Waals surface area (Å²) in [6, 6.07) is 0. The van der Waals surface area contributed by atoms with Gasteiger partial charge in [-0.25, -0.2) is 0 Å². The zero-order valence-electron chi connectivity index (χ0n) is 17.6. The van der Waals surface area contributed by atoms with Crippen molar-refractivity contribution in [1.82, 2.24) is 18.8 Å². The molecule has 162 valence electrons. The lowest BCUT2D eigenvalue weighted by atomic mass is 9.92. The summed E-state index contributed by atoms with van der Waals surface area (Å²) in [4.78, 5) is 15.1. The molecule has 3 rings (SSSR count). The van der Waals surface area contributed by atoms with Crippen molar-refractivity contribution in [1.29, 1.82) is 0 Å². The highest BCUT2D eigenvalue weighted by Crippen LogP contribution is 2.24. The van der Waals surface area contributed by atoms with Crippen molar-refractivity contribution in [3.63, 3.8) is 0 Å². The van der Waals surface area contributed by atoms with Gasteiger partial charge < -0.3 is 10.2 Å². The van der Waals surface area contributed by atoms with Crippen molar-refractivity contribution in [2.45, 2.75) is 52.4 Å². The van der Waals surface area contributed by atoms with Gasteiger partial charge in [-0.15, -0.1) is 0 Å². The number of likely N-dealkylation sites (tertiary alicyclic amines) is 1. The van der Waals surface area contributed by atoms with Gasteiger partial charge in [-0.05, 0) is 56.9 Å². The molecule has 0 aromatic carbocycles. The topological polar surface area (TPSA) is 73.0 Å². The maximum atomic E-state index is 12.8. The molecule has 3 aliphatic rings. The van der Waals surface area contributed by atoms with Gasteiger partial charge in [-0.3, -0.25) is 4.79 Å². The lowest BCUT2D eigenvalue weighted by Crippen LogP contribution is -2.50. The summed E-state index contributed by atoms with van der Waals surface area (Å²) in [5.41, 5.74) is 0. The van der Waals surface area contributed by atoms with E-state index in [1.54, 1.807) is 4.31 Å². The fourth-order valence-electron chi connectivity index (χ4n) is 5.08. The molecule has 3 unspecified atom stereocenters. The molecule has 0 radical (unpaired) electrons. The third-order valence-electron chi connectivity index (χ3n) is 6.37. The predicted molar refractivity (Wildman–Crippen MR) is 111 cm³/mol. The Morgan fingerprint density at radius 1 is 0.964 bits per heavy atom. The number of rotatable bonds is 7. The van der Waals surface area contributed by atoms with Crippen LogP contribution in [0.4, 0.5) is 0 Å². The predicted octanol–water partition coefficient (Wildman–Crippen LogP) is 1.52.